The van der Waals surface area contributed by atoms with Crippen LogP contribution in [-0.4, -0.2) is 9.97 Å². The first-order chi connectivity index (χ1) is 8.20. The summed E-state index contributed by atoms with van der Waals surface area (Å²) in [6.07, 6.45) is 1.65. The molecule has 4 nitrogen and oxygen atoms in total. The zero-order valence-corrected chi connectivity index (χ0v) is 10.0. The number of nitrogens with one attached hydrogen (secondary N) is 2. The van der Waals surface area contributed by atoms with Crippen molar-refractivity contribution in [3.05, 3.63) is 46.5 Å². The molecule has 5 heteroatoms. The van der Waals surface area contributed by atoms with Crippen LogP contribution < -0.4 is 5.32 Å². The lowest BCUT2D eigenvalue weighted by molar-refractivity contribution is 1.05. The van der Waals surface area contributed by atoms with Crippen LogP contribution in [0.4, 0.5) is 5.69 Å². The van der Waals surface area contributed by atoms with Gasteiger partial charge in [-0.05, 0) is 25.1 Å². The Hall–Kier alpha value is -1.99. The van der Waals surface area contributed by atoms with E-state index in [0.717, 1.165) is 17.1 Å². The highest BCUT2D eigenvalue weighted by Crippen LogP contribution is 2.21. The minimum absolute atomic E-state index is 0.560. The van der Waals surface area contributed by atoms with Crippen molar-refractivity contribution in [3.63, 3.8) is 0 Å². The largest absolute Gasteiger partial charge is 0.378 e. The Morgan fingerprint density at radius 2 is 2.35 bits per heavy atom. The monoisotopic (exact) mass is 246 g/mol. The van der Waals surface area contributed by atoms with Crippen molar-refractivity contribution in [2.75, 3.05) is 5.32 Å². The average Bonchev–Trinajstić information content (AvgIpc) is 2.72. The van der Waals surface area contributed by atoms with Crippen molar-refractivity contribution in [1.82, 2.24) is 9.97 Å². The Kier molecular flexibility index (Phi) is 3.31. The zero-order valence-electron chi connectivity index (χ0n) is 9.29. The maximum Gasteiger partial charge on any atom is 0.101 e. The number of hydrogen-bond acceptors (Lipinski definition) is 3. The van der Waals surface area contributed by atoms with Gasteiger partial charge < -0.3 is 10.3 Å². The number of imidazole rings is 1. The molecule has 17 heavy (non-hydrogen) atoms. The van der Waals surface area contributed by atoms with Gasteiger partial charge >= 0.3 is 0 Å². The summed E-state index contributed by atoms with van der Waals surface area (Å²) < 4.78 is 0. The van der Waals surface area contributed by atoms with E-state index in [1.54, 1.807) is 24.5 Å². The molecule has 0 unspecified atom stereocenters. The van der Waals surface area contributed by atoms with Gasteiger partial charge in [-0.15, -0.1) is 0 Å². The molecule has 0 saturated heterocycles. The second-order valence-electron chi connectivity index (χ2n) is 3.63. The first-order valence-corrected chi connectivity index (χ1v) is 5.51. The van der Waals surface area contributed by atoms with Gasteiger partial charge in [-0.2, -0.15) is 5.26 Å². The normalized spacial score (nSPS) is 9.94. The molecule has 1 aromatic heterocycles. The van der Waals surface area contributed by atoms with Gasteiger partial charge in [-0.1, -0.05) is 11.6 Å². The lowest BCUT2D eigenvalue weighted by Gasteiger charge is -2.07. The standard InChI is InChI=1S/C12H11ClN4/c1-8-12(17-7-16-8)6-15-11-4-10(13)3-2-9(11)5-14/h2-4,7,15H,6H2,1H3,(H,16,17). The maximum absolute atomic E-state index is 8.97. The number of nitrogens with zero attached hydrogens (tertiary/aromatic N) is 2. The number of aryl methyl sites for hydroxylation is 1. The lowest BCUT2D eigenvalue weighted by atomic mass is 10.2. The van der Waals surface area contributed by atoms with Crippen molar-refractivity contribution in [1.29, 1.82) is 5.26 Å². The molecule has 0 spiro atoms. The number of anilines is 1. The van der Waals surface area contributed by atoms with Crippen LogP contribution in [0.3, 0.4) is 0 Å². The van der Waals surface area contributed by atoms with E-state index in [1.165, 1.54) is 0 Å². The molecule has 2 aromatic rings. The number of halogens is 1. The number of aromatic amines is 1. The highest BCUT2D eigenvalue weighted by molar-refractivity contribution is 6.30. The number of aromatic nitrogens is 2. The number of benzene rings is 1. The molecule has 0 atom stereocenters. The zero-order chi connectivity index (χ0) is 12.3. The summed E-state index contributed by atoms with van der Waals surface area (Å²) in [5, 5.41) is 12.7. The van der Waals surface area contributed by atoms with Gasteiger partial charge in [-0.25, -0.2) is 4.98 Å². The molecule has 0 bridgehead atoms. The van der Waals surface area contributed by atoms with Crippen LogP contribution >= 0.6 is 11.6 Å². The summed E-state index contributed by atoms with van der Waals surface area (Å²) >= 11 is 5.89. The number of H-pyrrole nitrogens is 1. The summed E-state index contributed by atoms with van der Waals surface area (Å²) in [7, 11) is 0. The smallest absolute Gasteiger partial charge is 0.101 e. The summed E-state index contributed by atoms with van der Waals surface area (Å²) in [5.41, 5.74) is 3.23. The fourth-order valence-corrected chi connectivity index (χ4v) is 1.68. The van der Waals surface area contributed by atoms with Crippen molar-refractivity contribution in [2.24, 2.45) is 0 Å². The second-order valence-corrected chi connectivity index (χ2v) is 4.07. The second kappa shape index (κ2) is 4.89. The molecule has 0 saturated carbocycles. The quantitative estimate of drug-likeness (QED) is 0.875. The van der Waals surface area contributed by atoms with Gasteiger partial charge in [0.15, 0.2) is 0 Å². The van der Waals surface area contributed by atoms with E-state index in [4.69, 9.17) is 16.9 Å². The molecule has 1 heterocycles. The number of hydrogen-bond donors (Lipinski definition) is 2. The lowest BCUT2D eigenvalue weighted by Crippen LogP contribution is -2.03. The van der Waals surface area contributed by atoms with Crippen molar-refractivity contribution in [2.45, 2.75) is 13.5 Å². The van der Waals surface area contributed by atoms with E-state index in [-0.39, 0.29) is 0 Å². The Morgan fingerprint density at radius 3 is 3.00 bits per heavy atom. The van der Waals surface area contributed by atoms with E-state index < -0.39 is 0 Å². The van der Waals surface area contributed by atoms with Gasteiger partial charge in [0.25, 0.3) is 0 Å². The Morgan fingerprint density at radius 1 is 1.53 bits per heavy atom. The molecule has 1 aromatic carbocycles. The van der Waals surface area contributed by atoms with E-state index in [9.17, 15) is 0 Å². The predicted octanol–water partition coefficient (Wildman–Crippen LogP) is 2.86. The fourth-order valence-electron chi connectivity index (χ4n) is 1.50. The van der Waals surface area contributed by atoms with E-state index >= 15 is 0 Å². The van der Waals surface area contributed by atoms with Crippen LogP contribution in [0.15, 0.2) is 24.5 Å². The van der Waals surface area contributed by atoms with Crippen LogP contribution in [0.5, 0.6) is 0 Å². The molecule has 0 aliphatic heterocycles. The van der Waals surface area contributed by atoms with Crippen LogP contribution in [0.1, 0.15) is 17.0 Å². The van der Waals surface area contributed by atoms with Crippen molar-refractivity contribution in [3.8, 4) is 6.07 Å². The Labute approximate surface area is 104 Å². The van der Waals surface area contributed by atoms with Crippen LogP contribution in [0.25, 0.3) is 0 Å². The number of nitriles is 1. The molecule has 0 aliphatic carbocycles. The summed E-state index contributed by atoms with van der Waals surface area (Å²) in [4.78, 5) is 7.18. The first kappa shape index (κ1) is 11.5. The molecule has 0 radical (unpaired) electrons. The first-order valence-electron chi connectivity index (χ1n) is 5.13. The highest BCUT2D eigenvalue weighted by Gasteiger charge is 2.05. The van der Waals surface area contributed by atoms with Crippen LogP contribution in [-0.2, 0) is 6.54 Å². The SMILES string of the molecule is Cc1[nH]cnc1CNc1cc(Cl)ccc1C#N. The highest BCUT2D eigenvalue weighted by atomic mass is 35.5. The number of rotatable bonds is 3. The molecular formula is C12H11ClN4. The van der Waals surface area contributed by atoms with E-state index in [1.807, 2.05) is 6.92 Å². The fraction of sp³-hybridized carbons (Fsp3) is 0.167. The van der Waals surface area contributed by atoms with E-state index in [2.05, 4.69) is 21.4 Å². The maximum atomic E-state index is 8.97. The molecule has 2 rings (SSSR count). The van der Waals surface area contributed by atoms with Gasteiger partial charge in [0, 0.05) is 10.7 Å². The third kappa shape index (κ3) is 2.58. The van der Waals surface area contributed by atoms with Gasteiger partial charge in [-0.3, -0.25) is 0 Å². The Bertz CT molecular complexity index is 568. The van der Waals surface area contributed by atoms with E-state index in [0.29, 0.717) is 17.1 Å². The molecule has 0 amide bonds. The average molecular weight is 247 g/mol. The van der Waals surface area contributed by atoms with Gasteiger partial charge in [0.1, 0.15) is 6.07 Å². The van der Waals surface area contributed by atoms with Crippen molar-refractivity contribution < 1.29 is 0 Å². The summed E-state index contributed by atoms with van der Waals surface area (Å²) in [6.45, 7) is 2.51. The minimum Gasteiger partial charge on any atom is -0.378 e. The van der Waals surface area contributed by atoms with Gasteiger partial charge in [0.2, 0.25) is 0 Å². The predicted molar refractivity (Wildman–Crippen MR) is 66.8 cm³/mol. The third-order valence-corrected chi connectivity index (χ3v) is 2.72. The van der Waals surface area contributed by atoms with Crippen LogP contribution in [0, 0.1) is 18.3 Å². The van der Waals surface area contributed by atoms with Crippen molar-refractivity contribution >= 4 is 17.3 Å². The van der Waals surface area contributed by atoms with Gasteiger partial charge in [0.05, 0.1) is 29.8 Å². The topological polar surface area (TPSA) is 64.5 Å². The molecule has 0 fully saturated rings. The van der Waals surface area contributed by atoms with Crippen LogP contribution in [0.2, 0.25) is 5.02 Å². The summed E-state index contributed by atoms with van der Waals surface area (Å²) in [5.74, 6) is 0. The molecule has 86 valence electrons. The Balaban J connectivity index is 2.17. The molecule has 2 N–H and O–H groups in total. The summed E-state index contributed by atoms with van der Waals surface area (Å²) in [6, 6.07) is 7.25. The molecular weight excluding hydrogens is 236 g/mol. The third-order valence-electron chi connectivity index (χ3n) is 2.48. The molecule has 0 aliphatic rings. The minimum atomic E-state index is 0.560.